The minimum Gasteiger partial charge on any atom is -0.493 e. The summed E-state index contributed by atoms with van der Waals surface area (Å²) in [4.78, 5) is 2.52. The summed E-state index contributed by atoms with van der Waals surface area (Å²) in [6.45, 7) is 1.03. The van der Waals surface area contributed by atoms with Gasteiger partial charge in [-0.05, 0) is 75.2 Å². The summed E-state index contributed by atoms with van der Waals surface area (Å²) in [5.74, 6) is 1.99. The van der Waals surface area contributed by atoms with Gasteiger partial charge in [0.15, 0.2) is 11.5 Å². The molecule has 0 radical (unpaired) electrons. The van der Waals surface area contributed by atoms with E-state index in [0.717, 1.165) is 63.0 Å². The number of unbranched alkanes of at least 4 members (excludes halogenated alkanes) is 3. The van der Waals surface area contributed by atoms with Gasteiger partial charge in [0.05, 0.1) is 19.8 Å². The summed E-state index contributed by atoms with van der Waals surface area (Å²) in [7, 11) is 3.95. The number of hydrogen-bond donors (Lipinski definition) is 2. The van der Waals surface area contributed by atoms with E-state index < -0.39 is 11.5 Å². The lowest BCUT2D eigenvalue weighted by atomic mass is 9.46. The van der Waals surface area contributed by atoms with Gasteiger partial charge in [0.2, 0.25) is 0 Å². The summed E-state index contributed by atoms with van der Waals surface area (Å²) in [6.07, 6.45) is 8.33. The molecule has 5 nitrogen and oxygen atoms in total. The number of aryl methyl sites for hydroxylation is 1. The molecule has 1 saturated heterocycles. The molecule has 0 amide bonds. The molecule has 36 heavy (non-hydrogen) atoms. The van der Waals surface area contributed by atoms with E-state index in [1.165, 1.54) is 29.5 Å². The molecule has 1 spiro atoms. The second-order valence-corrected chi connectivity index (χ2v) is 11.9. The highest BCUT2D eigenvalue weighted by Crippen LogP contribution is 2.66. The van der Waals surface area contributed by atoms with Gasteiger partial charge in [-0.25, -0.2) is 0 Å². The van der Waals surface area contributed by atoms with Gasteiger partial charge in [-0.2, -0.15) is 0 Å². The van der Waals surface area contributed by atoms with Gasteiger partial charge in [-0.3, -0.25) is 0 Å². The van der Waals surface area contributed by atoms with Crippen LogP contribution < -0.4 is 9.47 Å². The Morgan fingerprint density at radius 3 is 2.67 bits per heavy atom. The molecule has 2 aliphatic heterocycles. The highest BCUT2D eigenvalue weighted by atomic mass is 16.5. The number of ether oxygens (including phenoxy) is 2. The number of benzene rings is 2. The molecule has 2 fully saturated rings. The first-order chi connectivity index (χ1) is 17.5. The van der Waals surface area contributed by atoms with Crippen molar-refractivity contribution in [2.24, 2.45) is 11.3 Å². The van der Waals surface area contributed by atoms with E-state index in [1.807, 2.05) is 6.07 Å². The van der Waals surface area contributed by atoms with Gasteiger partial charge in [0.25, 0.3) is 0 Å². The van der Waals surface area contributed by atoms with Gasteiger partial charge >= 0.3 is 0 Å². The van der Waals surface area contributed by atoms with Crippen LogP contribution in [-0.2, 0) is 18.3 Å². The normalized spacial score (nSPS) is 34.2. The summed E-state index contributed by atoms with van der Waals surface area (Å²) in [5, 5.41) is 22.7. The van der Waals surface area contributed by atoms with E-state index in [4.69, 9.17) is 9.47 Å². The van der Waals surface area contributed by atoms with Gasteiger partial charge in [0.1, 0.15) is 6.10 Å². The maximum Gasteiger partial charge on any atom is 0.165 e. The number of rotatable bonds is 9. The molecule has 6 rings (SSSR count). The molecule has 2 heterocycles. The van der Waals surface area contributed by atoms with Crippen molar-refractivity contribution in [1.82, 2.24) is 4.90 Å². The Balaban J connectivity index is 1.22. The molecule has 5 heteroatoms. The Morgan fingerprint density at radius 2 is 1.89 bits per heavy atom. The second kappa shape index (κ2) is 9.34. The number of nitrogens with zero attached hydrogens (tertiary/aromatic N) is 1. The first-order valence-corrected chi connectivity index (χ1v) is 13.9. The van der Waals surface area contributed by atoms with Crippen molar-refractivity contribution >= 4 is 0 Å². The van der Waals surface area contributed by atoms with Crippen LogP contribution in [0.3, 0.4) is 0 Å². The summed E-state index contributed by atoms with van der Waals surface area (Å²) >= 11 is 0. The molecule has 2 aliphatic carbocycles. The lowest BCUT2D eigenvalue weighted by molar-refractivity contribution is -0.179. The van der Waals surface area contributed by atoms with Crippen molar-refractivity contribution in [2.75, 3.05) is 27.3 Å². The number of hydrogen-bond acceptors (Lipinski definition) is 5. The average Bonchev–Trinajstić information content (AvgIpc) is 3.26. The molecule has 0 aromatic heterocycles. The second-order valence-electron chi connectivity index (χ2n) is 11.9. The Hall–Kier alpha value is -2.08. The van der Waals surface area contributed by atoms with Crippen LogP contribution in [0.2, 0.25) is 0 Å². The number of aliphatic hydroxyl groups excluding tert-OH is 2. The number of piperidine rings is 1. The molecule has 194 valence electrons. The Bertz CT molecular complexity index is 1090. The molecular formula is C31H41NO4. The van der Waals surface area contributed by atoms with Crippen molar-refractivity contribution in [3.8, 4) is 11.5 Å². The minimum atomic E-state index is -0.685. The SMILES string of the molecule is COc1ccc2c3c1OC1[C@H](O)[C@](CO)(CCCCCCc4ccccc4)CC4C(C2)N(C)CCC341. The molecular weight excluding hydrogens is 450 g/mol. The highest BCUT2D eigenvalue weighted by Gasteiger charge is 2.69. The van der Waals surface area contributed by atoms with Crippen molar-refractivity contribution < 1.29 is 19.7 Å². The van der Waals surface area contributed by atoms with Crippen molar-refractivity contribution in [1.29, 1.82) is 0 Å². The number of methoxy groups -OCH3 is 1. The predicted octanol–water partition coefficient (Wildman–Crippen LogP) is 4.51. The van der Waals surface area contributed by atoms with Gasteiger partial charge in [-0.1, -0.05) is 55.7 Å². The van der Waals surface area contributed by atoms with E-state index in [2.05, 4.69) is 48.3 Å². The zero-order valence-electron chi connectivity index (χ0n) is 21.8. The van der Waals surface area contributed by atoms with E-state index >= 15 is 0 Å². The molecule has 4 aliphatic rings. The van der Waals surface area contributed by atoms with Crippen LogP contribution >= 0.6 is 0 Å². The lowest BCUT2D eigenvalue weighted by Gasteiger charge is -2.62. The van der Waals surface area contributed by atoms with E-state index in [0.29, 0.717) is 12.0 Å². The molecule has 6 atom stereocenters. The largest absolute Gasteiger partial charge is 0.493 e. The number of likely N-dealkylation sites (tertiary alicyclic amines) is 1. The third-order valence-corrected chi connectivity index (χ3v) is 10.2. The minimum absolute atomic E-state index is 0.0153. The predicted molar refractivity (Wildman–Crippen MR) is 141 cm³/mol. The summed E-state index contributed by atoms with van der Waals surface area (Å²) in [5.41, 5.74) is 3.36. The molecule has 2 aromatic rings. The molecule has 1 saturated carbocycles. The lowest BCUT2D eigenvalue weighted by Crippen LogP contribution is -2.70. The van der Waals surface area contributed by atoms with Crippen LogP contribution in [0.4, 0.5) is 0 Å². The van der Waals surface area contributed by atoms with E-state index in [9.17, 15) is 10.2 Å². The Morgan fingerprint density at radius 1 is 1.08 bits per heavy atom. The monoisotopic (exact) mass is 491 g/mol. The fourth-order valence-electron chi connectivity index (χ4n) is 8.32. The summed E-state index contributed by atoms with van der Waals surface area (Å²) in [6, 6.07) is 15.3. The first kappa shape index (κ1) is 24.3. The van der Waals surface area contributed by atoms with Crippen molar-refractivity contribution in [2.45, 2.75) is 81.5 Å². The van der Waals surface area contributed by atoms with Gasteiger partial charge < -0.3 is 24.6 Å². The zero-order valence-corrected chi connectivity index (χ0v) is 21.8. The van der Waals surface area contributed by atoms with Crippen LogP contribution in [0.5, 0.6) is 11.5 Å². The summed E-state index contributed by atoms with van der Waals surface area (Å²) < 4.78 is 12.4. The maximum absolute atomic E-state index is 11.9. The van der Waals surface area contributed by atoms with E-state index in [1.54, 1.807) is 7.11 Å². The van der Waals surface area contributed by atoms with Crippen molar-refractivity contribution in [3.63, 3.8) is 0 Å². The van der Waals surface area contributed by atoms with Crippen LogP contribution in [-0.4, -0.2) is 60.7 Å². The van der Waals surface area contributed by atoms with Crippen LogP contribution in [0.15, 0.2) is 42.5 Å². The van der Waals surface area contributed by atoms with E-state index in [-0.39, 0.29) is 18.1 Å². The van der Waals surface area contributed by atoms with Gasteiger partial charge in [-0.15, -0.1) is 0 Å². The quantitative estimate of drug-likeness (QED) is 0.506. The maximum atomic E-state index is 11.9. The fourth-order valence-corrected chi connectivity index (χ4v) is 8.32. The molecule has 2 bridgehead atoms. The van der Waals surface area contributed by atoms with Crippen LogP contribution in [0.1, 0.15) is 61.6 Å². The Labute approximate surface area is 215 Å². The third-order valence-electron chi connectivity index (χ3n) is 10.2. The molecule has 4 unspecified atom stereocenters. The topological polar surface area (TPSA) is 62.2 Å². The fraction of sp³-hybridized carbons (Fsp3) is 0.613. The van der Waals surface area contributed by atoms with Crippen LogP contribution in [0, 0.1) is 11.3 Å². The first-order valence-electron chi connectivity index (χ1n) is 13.9. The number of likely N-dealkylation sites (N-methyl/N-ethyl adjacent to an activating group) is 1. The van der Waals surface area contributed by atoms with Gasteiger partial charge in [0, 0.05) is 22.4 Å². The smallest absolute Gasteiger partial charge is 0.165 e. The highest BCUT2D eigenvalue weighted by molar-refractivity contribution is 5.61. The molecule has 2 aromatic carbocycles. The molecule has 2 N–H and O–H groups in total. The zero-order chi connectivity index (χ0) is 24.9. The van der Waals surface area contributed by atoms with Crippen LogP contribution in [0.25, 0.3) is 0 Å². The average molecular weight is 492 g/mol. The van der Waals surface area contributed by atoms with Crippen molar-refractivity contribution in [3.05, 3.63) is 59.2 Å². The standard InChI is InChI=1S/C31H41NO4/c1-32-17-16-31-23-19-30(20-33,15-9-4-3-6-10-21-11-7-5-8-12-21)28(34)29(31)36-27-25(35-2)14-13-22(26(27)31)18-24(23)32/h5,7-8,11-14,23-24,28-29,33-34H,3-4,6,9-10,15-20H2,1-2H3/t23?,24?,28-,29?,30+,31?/m0/s1. The number of aliphatic hydroxyl groups is 2. The Kier molecular flexibility index (Phi) is 6.30. The third kappa shape index (κ3) is 3.53.